The Balaban J connectivity index is 1.86. The number of unbranched alkanes of at least 4 members (excludes halogenated alkanes) is 10. The molecule has 1 rings (SSSR count). The van der Waals surface area contributed by atoms with E-state index in [1.54, 1.807) is 0 Å². The Kier molecular flexibility index (Phi) is 11.0. The quantitative estimate of drug-likeness (QED) is 0.378. The van der Waals surface area contributed by atoms with Crippen molar-refractivity contribution < 1.29 is 0 Å². The van der Waals surface area contributed by atoms with Crippen LogP contribution in [0.4, 0.5) is 5.69 Å². The molecule has 21 heavy (non-hydrogen) atoms. The molecule has 0 aliphatic rings. The molecule has 0 amide bonds. The molecule has 1 aromatic carbocycles. The molecule has 0 unspecified atom stereocenters. The fraction of sp³-hybridized carbons (Fsp3) is 0.700. The highest BCUT2D eigenvalue weighted by Crippen LogP contribution is 2.14. The van der Waals surface area contributed by atoms with Crippen molar-refractivity contribution in [1.29, 1.82) is 0 Å². The van der Waals surface area contributed by atoms with Crippen LogP contribution in [0.25, 0.3) is 0 Å². The van der Waals surface area contributed by atoms with E-state index in [-0.39, 0.29) is 0 Å². The fourth-order valence-corrected chi connectivity index (χ4v) is 2.82. The largest absolute Gasteiger partial charge is 0.375 e. The average molecular weight is 290 g/mol. The molecule has 0 spiro atoms. The number of nitrogens with zero attached hydrogens (tertiary/aromatic N) is 1. The maximum Gasteiger partial charge on any atom is 0.0363 e. The number of benzene rings is 1. The standard InChI is InChI=1S/C20H35N/c1-3-4-5-6-7-8-9-10-11-12-16-19-21(2)20-17-14-13-15-18-20/h13-15,17-18H,3-12,16,19H2,1-2H3. The van der Waals surface area contributed by atoms with Crippen molar-refractivity contribution in [2.45, 2.75) is 77.6 Å². The first-order chi connectivity index (χ1) is 10.3. The third-order valence-electron chi connectivity index (χ3n) is 4.29. The second-order valence-electron chi connectivity index (χ2n) is 6.29. The number of hydrogen-bond acceptors (Lipinski definition) is 1. The lowest BCUT2D eigenvalue weighted by Crippen LogP contribution is -2.18. The van der Waals surface area contributed by atoms with Crippen molar-refractivity contribution in [3.05, 3.63) is 30.3 Å². The van der Waals surface area contributed by atoms with E-state index in [0.717, 1.165) is 0 Å². The summed E-state index contributed by atoms with van der Waals surface area (Å²) in [6.07, 6.45) is 15.6. The average Bonchev–Trinajstić information content (AvgIpc) is 2.53. The topological polar surface area (TPSA) is 3.24 Å². The minimum absolute atomic E-state index is 1.18. The molecule has 0 bridgehead atoms. The van der Waals surface area contributed by atoms with Gasteiger partial charge < -0.3 is 4.90 Å². The van der Waals surface area contributed by atoms with Gasteiger partial charge in [0.15, 0.2) is 0 Å². The van der Waals surface area contributed by atoms with Crippen LogP contribution in [0, 0.1) is 0 Å². The summed E-state index contributed by atoms with van der Waals surface area (Å²) in [5, 5.41) is 0. The normalized spacial score (nSPS) is 10.8. The van der Waals surface area contributed by atoms with Crippen LogP contribution in [0.3, 0.4) is 0 Å². The van der Waals surface area contributed by atoms with Crippen molar-refractivity contribution in [2.24, 2.45) is 0 Å². The first-order valence-corrected chi connectivity index (χ1v) is 9.10. The lowest BCUT2D eigenvalue weighted by Gasteiger charge is -2.18. The molecule has 1 aromatic rings. The first kappa shape index (κ1) is 18.1. The predicted octanol–water partition coefficient (Wildman–Crippen LogP) is 6.43. The summed E-state index contributed by atoms with van der Waals surface area (Å²) in [5.41, 5.74) is 1.34. The zero-order valence-corrected chi connectivity index (χ0v) is 14.3. The maximum atomic E-state index is 2.37. The predicted molar refractivity (Wildman–Crippen MR) is 96.2 cm³/mol. The Morgan fingerprint density at radius 2 is 1.14 bits per heavy atom. The number of hydrogen-bond donors (Lipinski definition) is 0. The smallest absolute Gasteiger partial charge is 0.0363 e. The molecule has 0 fully saturated rings. The van der Waals surface area contributed by atoms with Crippen molar-refractivity contribution in [2.75, 3.05) is 18.5 Å². The molecule has 0 aromatic heterocycles. The van der Waals surface area contributed by atoms with Gasteiger partial charge >= 0.3 is 0 Å². The van der Waals surface area contributed by atoms with Crippen molar-refractivity contribution in [1.82, 2.24) is 0 Å². The summed E-state index contributed by atoms with van der Waals surface area (Å²) < 4.78 is 0. The Morgan fingerprint density at radius 3 is 1.67 bits per heavy atom. The summed E-state index contributed by atoms with van der Waals surface area (Å²) in [4.78, 5) is 2.37. The monoisotopic (exact) mass is 289 g/mol. The highest BCUT2D eigenvalue weighted by molar-refractivity contribution is 5.44. The second kappa shape index (κ2) is 12.7. The van der Waals surface area contributed by atoms with Gasteiger partial charge in [0.2, 0.25) is 0 Å². The molecular weight excluding hydrogens is 254 g/mol. The number of rotatable bonds is 13. The minimum atomic E-state index is 1.18. The summed E-state index contributed by atoms with van der Waals surface area (Å²) in [6, 6.07) is 10.7. The van der Waals surface area contributed by atoms with Gasteiger partial charge in [0.05, 0.1) is 0 Å². The van der Waals surface area contributed by atoms with Gasteiger partial charge in [-0.15, -0.1) is 0 Å². The van der Waals surface area contributed by atoms with Crippen LogP contribution in [-0.4, -0.2) is 13.6 Å². The third-order valence-corrected chi connectivity index (χ3v) is 4.29. The lowest BCUT2D eigenvalue weighted by molar-refractivity contribution is 0.549. The molecule has 0 radical (unpaired) electrons. The van der Waals surface area contributed by atoms with Gasteiger partial charge in [-0.25, -0.2) is 0 Å². The Morgan fingerprint density at radius 1 is 0.667 bits per heavy atom. The van der Waals surface area contributed by atoms with Crippen LogP contribution in [0.2, 0.25) is 0 Å². The zero-order chi connectivity index (χ0) is 15.2. The SMILES string of the molecule is CCCCCCCCCCCCCN(C)c1ccccc1. The van der Waals surface area contributed by atoms with Gasteiger partial charge in [0, 0.05) is 19.3 Å². The molecule has 0 heterocycles. The van der Waals surface area contributed by atoms with E-state index in [0.29, 0.717) is 0 Å². The zero-order valence-electron chi connectivity index (χ0n) is 14.3. The van der Waals surface area contributed by atoms with Gasteiger partial charge in [0.1, 0.15) is 0 Å². The Bertz CT molecular complexity index is 320. The Hall–Kier alpha value is -0.980. The third kappa shape index (κ3) is 9.55. The highest BCUT2D eigenvalue weighted by atomic mass is 15.1. The molecular formula is C20H35N. The van der Waals surface area contributed by atoms with Crippen molar-refractivity contribution >= 4 is 5.69 Å². The molecule has 0 aliphatic heterocycles. The van der Waals surface area contributed by atoms with E-state index in [1.165, 1.54) is 82.9 Å². The van der Waals surface area contributed by atoms with E-state index in [2.05, 4.69) is 49.2 Å². The van der Waals surface area contributed by atoms with Gasteiger partial charge in [-0.3, -0.25) is 0 Å². The summed E-state index contributed by atoms with van der Waals surface area (Å²) in [5.74, 6) is 0. The molecule has 1 nitrogen and oxygen atoms in total. The highest BCUT2D eigenvalue weighted by Gasteiger charge is 1.99. The van der Waals surface area contributed by atoms with E-state index >= 15 is 0 Å². The van der Waals surface area contributed by atoms with E-state index < -0.39 is 0 Å². The van der Waals surface area contributed by atoms with Crippen LogP contribution in [0.1, 0.15) is 77.6 Å². The van der Waals surface area contributed by atoms with Gasteiger partial charge in [0.25, 0.3) is 0 Å². The maximum absolute atomic E-state index is 2.37. The van der Waals surface area contributed by atoms with E-state index in [9.17, 15) is 0 Å². The van der Waals surface area contributed by atoms with Crippen LogP contribution < -0.4 is 4.90 Å². The summed E-state index contributed by atoms with van der Waals surface area (Å²) >= 11 is 0. The summed E-state index contributed by atoms with van der Waals surface area (Å²) in [7, 11) is 2.20. The van der Waals surface area contributed by atoms with E-state index in [1.807, 2.05) is 0 Å². The van der Waals surface area contributed by atoms with Crippen LogP contribution in [-0.2, 0) is 0 Å². The first-order valence-electron chi connectivity index (χ1n) is 9.10. The molecule has 0 atom stereocenters. The molecule has 0 N–H and O–H groups in total. The molecule has 0 saturated carbocycles. The van der Waals surface area contributed by atoms with Gasteiger partial charge in [-0.1, -0.05) is 89.3 Å². The minimum Gasteiger partial charge on any atom is -0.375 e. The molecule has 1 heteroatoms. The van der Waals surface area contributed by atoms with E-state index in [4.69, 9.17) is 0 Å². The Labute approximate surface area is 132 Å². The summed E-state index contributed by atoms with van der Waals surface area (Å²) in [6.45, 7) is 3.47. The van der Waals surface area contributed by atoms with Crippen LogP contribution >= 0.6 is 0 Å². The molecule has 120 valence electrons. The van der Waals surface area contributed by atoms with Crippen molar-refractivity contribution in [3.63, 3.8) is 0 Å². The second-order valence-corrected chi connectivity index (χ2v) is 6.29. The van der Waals surface area contributed by atoms with Crippen LogP contribution in [0.15, 0.2) is 30.3 Å². The lowest BCUT2D eigenvalue weighted by atomic mass is 10.1. The number of para-hydroxylation sites is 1. The number of anilines is 1. The van der Waals surface area contributed by atoms with Crippen LogP contribution in [0.5, 0.6) is 0 Å². The fourth-order valence-electron chi connectivity index (χ4n) is 2.82. The molecule has 0 saturated heterocycles. The van der Waals surface area contributed by atoms with Crippen molar-refractivity contribution in [3.8, 4) is 0 Å². The van der Waals surface area contributed by atoms with Gasteiger partial charge in [-0.2, -0.15) is 0 Å². The van der Waals surface area contributed by atoms with Gasteiger partial charge in [-0.05, 0) is 18.6 Å². The molecule has 0 aliphatic carbocycles.